The van der Waals surface area contributed by atoms with E-state index in [1.807, 2.05) is 31.4 Å². The number of thiophene rings is 1. The van der Waals surface area contributed by atoms with Crippen molar-refractivity contribution in [3.63, 3.8) is 0 Å². The number of carbonyl (C=O) groups excluding carboxylic acids is 3. The van der Waals surface area contributed by atoms with Gasteiger partial charge in [-0.05, 0) is 31.4 Å². The summed E-state index contributed by atoms with van der Waals surface area (Å²) in [6, 6.07) is 3.73. The Kier molecular flexibility index (Phi) is 7.17. The SMILES string of the molecule is CC(C)NC(=O)CNC(=O)COC(=O)/C=C/c1cccs1. The highest BCUT2D eigenvalue weighted by molar-refractivity contribution is 7.10. The maximum absolute atomic E-state index is 11.4. The molecule has 0 aliphatic rings. The van der Waals surface area contributed by atoms with E-state index in [1.54, 1.807) is 6.08 Å². The molecule has 0 aliphatic carbocycles. The fourth-order valence-corrected chi connectivity index (χ4v) is 1.94. The molecule has 2 N–H and O–H groups in total. The van der Waals surface area contributed by atoms with Gasteiger partial charge in [-0.25, -0.2) is 4.79 Å². The number of carbonyl (C=O) groups is 3. The van der Waals surface area contributed by atoms with E-state index in [4.69, 9.17) is 4.74 Å². The van der Waals surface area contributed by atoms with E-state index in [-0.39, 0.29) is 18.5 Å². The van der Waals surface area contributed by atoms with Crippen LogP contribution in [0.1, 0.15) is 18.7 Å². The van der Waals surface area contributed by atoms with Gasteiger partial charge >= 0.3 is 5.97 Å². The third-order valence-electron chi connectivity index (χ3n) is 2.17. The highest BCUT2D eigenvalue weighted by Gasteiger charge is 2.08. The van der Waals surface area contributed by atoms with Gasteiger partial charge in [0.1, 0.15) is 0 Å². The third-order valence-corrected chi connectivity index (χ3v) is 3.01. The van der Waals surface area contributed by atoms with Crippen molar-refractivity contribution in [2.75, 3.05) is 13.2 Å². The molecule has 21 heavy (non-hydrogen) atoms. The maximum Gasteiger partial charge on any atom is 0.331 e. The highest BCUT2D eigenvalue weighted by atomic mass is 32.1. The molecule has 0 saturated heterocycles. The minimum Gasteiger partial charge on any atom is -0.452 e. The summed E-state index contributed by atoms with van der Waals surface area (Å²) in [6.07, 6.45) is 2.87. The number of nitrogens with one attached hydrogen (secondary N) is 2. The summed E-state index contributed by atoms with van der Waals surface area (Å²) in [6.45, 7) is 3.09. The summed E-state index contributed by atoms with van der Waals surface area (Å²) in [5.41, 5.74) is 0. The van der Waals surface area contributed by atoms with Crippen molar-refractivity contribution >= 4 is 35.2 Å². The second kappa shape index (κ2) is 8.91. The van der Waals surface area contributed by atoms with Crippen molar-refractivity contribution in [3.05, 3.63) is 28.5 Å². The molecule has 1 rings (SSSR count). The van der Waals surface area contributed by atoms with Crippen LogP contribution in [0.5, 0.6) is 0 Å². The van der Waals surface area contributed by atoms with Crippen LogP contribution in [-0.4, -0.2) is 37.0 Å². The topological polar surface area (TPSA) is 84.5 Å². The molecule has 0 radical (unpaired) electrons. The van der Waals surface area contributed by atoms with Crippen molar-refractivity contribution in [2.45, 2.75) is 19.9 Å². The van der Waals surface area contributed by atoms with Crippen molar-refractivity contribution in [3.8, 4) is 0 Å². The molecule has 1 aromatic rings. The van der Waals surface area contributed by atoms with Gasteiger partial charge in [0.15, 0.2) is 6.61 Å². The van der Waals surface area contributed by atoms with Gasteiger partial charge in [-0.2, -0.15) is 0 Å². The van der Waals surface area contributed by atoms with Gasteiger partial charge in [0.2, 0.25) is 5.91 Å². The molecule has 114 valence electrons. The van der Waals surface area contributed by atoms with Gasteiger partial charge in [-0.15, -0.1) is 11.3 Å². The summed E-state index contributed by atoms with van der Waals surface area (Å²) < 4.78 is 4.75. The van der Waals surface area contributed by atoms with Crippen LogP contribution in [0.2, 0.25) is 0 Å². The number of hydrogen-bond acceptors (Lipinski definition) is 5. The largest absolute Gasteiger partial charge is 0.452 e. The zero-order valence-electron chi connectivity index (χ0n) is 11.9. The van der Waals surface area contributed by atoms with Gasteiger partial charge < -0.3 is 15.4 Å². The normalized spacial score (nSPS) is 10.6. The second-order valence-electron chi connectivity index (χ2n) is 4.46. The third kappa shape index (κ3) is 7.88. The summed E-state index contributed by atoms with van der Waals surface area (Å²) >= 11 is 1.49. The Hall–Kier alpha value is -2.15. The van der Waals surface area contributed by atoms with Crippen LogP contribution < -0.4 is 10.6 Å². The smallest absolute Gasteiger partial charge is 0.331 e. The molecule has 2 amide bonds. The molecule has 7 heteroatoms. The fourth-order valence-electron chi connectivity index (χ4n) is 1.32. The molecular formula is C14H18N2O4S. The van der Waals surface area contributed by atoms with Crippen LogP contribution in [0.3, 0.4) is 0 Å². The van der Waals surface area contributed by atoms with E-state index < -0.39 is 18.5 Å². The molecule has 6 nitrogen and oxygen atoms in total. The molecule has 1 heterocycles. The van der Waals surface area contributed by atoms with Crippen LogP contribution in [0.4, 0.5) is 0 Å². The molecule has 1 aromatic heterocycles. The molecule has 0 fully saturated rings. The minimum absolute atomic E-state index is 0.00891. The van der Waals surface area contributed by atoms with E-state index in [1.165, 1.54) is 17.4 Å². The quantitative estimate of drug-likeness (QED) is 0.580. The van der Waals surface area contributed by atoms with Crippen molar-refractivity contribution < 1.29 is 19.1 Å². The molecule has 0 aliphatic heterocycles. The summed E-state index contributed by atoms with van der Waals surface area (Å²) in [7, 11) is 0. The van der Waals surface area contributed by atoms with Crippen LogP contribution >= 0.6 is 11.3 Å². The Morgan fingerprint density at radius 3 is 2.71 bits per heavy atom. The Morgan fingerprint density at radius 2 is 2.10 bits per heavy atom. The molecular weight excluding hydrogens is 292 g/mol. The standard InChI is InChI=1S/C14H18N2O4S/c1-10(2)16-12(17)8-15-13(18)9-20-14(19)6-5-11-4-3-7-21-11/h3-7,10H,8-9H2,1-2H3,(H,15,18)(H,16,17)/b6-5+. The lowest BCUT2D eigenvalue weighted by molar-refractivity contribution is -0.143. The Bertz CT molecular complexity index is 509. The molecule has 0 bridgehead atoms. The number of rotatable bonds is 7. The van der Waals surface area contributed by atoms with E-state index >= 15 is 0 Å². The first-order valence-electron chi connectivity index (χ1n) is 6.42. The zero-order chi connectivity index (χ0) is 15.7. The average molecular weight is 310 g/mol. The van der Waals surface area contributed by atoms with Gasteiger partial charge in [-0.1, -0.05) is 6.07 Å². The van der Waals surface area contributed by atoms with Crippen molar-refractivity contribution in [2.24, 2.45) is 0 Å². The minimum atomic E-state index is -0.606. The number of amides is 2. The lowest BCUT2D eigenvalue weighted by Crippen LogP contribution is -2.41. The van der Waals surface area contributed by atoms with Gasteiger partial charge in [0, 0.05) is 17.0 Å². The first-order chi connectivity index (χ1) is 9.97. The van der Waals surface area contributed by atoms with E-state index in [2.05, 4.69) is 10.6 Å². The molecule has 0 saturated carbocycles. The van der Waals surface area contributed by atoms with Crippen LogP contribution in [0.25, 0.3) is 6.08 Å². The number of ether oxygens (including phenoxy) is 1. The number of hydrogen-bond donors (Lipinski definition) is 2. The highest BCUT2D eigenvalue weighted by Crippen LogP contribution is 2.09. The molecule has 0 unspecified atom stereocenters. The maximum atomic E-state index is 11.4. The molecule has 0 atom stereocenters. The zero-order valence-corrected chi connectivity index (χ0v) is 12.7. The Morgan fingerprint density at radius 1 is 1.33 bits per heavy atom. The van der Waals surface area contributed by atoms with E-state index in [0.717, 1.165) is 4.88 Å². The van der Waals surface area contributed by atoms with Crippen LogP contribution in [-0.2, 0) is 19.1 Å². The predicted octanol–water partition coefficient (Wildman–Crippen LogP) is 0.945. The van der Waals surface area contributed by atoms with Crippen molar-refractivity contribution in [1.82, 2.24) is 10.6 Å². The van der Waals surface area contributed by atoms with Crippen LogP contribution in [0.15, 0.2) is 23.6 Å². The second-order valence-corrected chi connectivity index (χ2v) is 5.43. The first kappa shape index (κ1) is 16.9. The Labute approximate surface area is 127 Å². The Balaban J connectivity index is 2.20. The summed E-state index contributed by atoms with van der Waals surface area (Å²) in [5.74, 6) is -1.42. The lowest BCUT2D eigenvalue weighted by atomic mass is 10.4. The first-order valence-corrected chi connectivity index (χ1v) is 7.29. The average Bonchev–Trinajstić information content (AvgIpc) is 2.93. The van der Waals surface area contributed by atoms with Gasteiger partial charge in [-0.3, -0.25) is 9.59 Å². The molecule has 0 spiro atoms. The van der Waals surface area contributed by atoms with Gasteiger partial charge in [0.05, 0.1) is 6.54 Å². The predicted molar refractivity (Wildman–Crippen MR) is 80.6 cm³/mol. The van der Waals surface area contributed by atoms with E-state index in [9.17, 15) is 14.4 Å². The van der Waals surface area contributed by atoms with Crippen molar-refractivity contribution in [1.29, 1.82) is 0 Å². The monoisotopic (exact) mass is 310 g/mol. The summed E-state index contributed by atoms with van der Waals surface area (Å²) in [4.78, 5) is 34.9. The van der Waals surface area contributed by atoms with E-state index in [0.29, 0.717) is 0 Å². The molecule has 0 aromatic carbocycles. The van der Waals surface area contributed by atoms with Crippen LogP contribution in [0, 0.1) is 0 Å². The van der Waals surface area contributed by atoms with Gasteiger partial charge in [0.25, 0.3) is 5.91 Å². The number of esters is 1. The fraction of sp³-hybridized carbons (Fsp3) is 0.357. The lowest BCUT2D eigenvalue weighted by Gasteiger charge is -2.09. The summed E-state index contributed by atoms with van der Waals surface area (Å²) in [5, 5.41) is 6.88.